The van der Waals surface area contributed by atoms with E-state index in [4.69, 9.17) is 0 Å². The van der Waals surface area contributed by atoms with Crippen molar-refractivity contribution in [1.82, 2.24) is 5.48 Å². The Balaban J connectivity index is 3.24. The first kappa shape index (κ1) is 8.61. The minimum Gasteiger partial charge on any atom is -0.344 e. The van der Waals surface area contributed by atoms with Crippen LogP contribution in [-0.4, -0.2) is 18.7 Å². The fourth-order valence-corrected chi connectivity index (χ4v) is 0.331. The highest BCUT2D eigenvalue weighted by Gasteiger charge is 1.97. The monoisotopic (exact) mass is 145 g/mol. The fraction of sp³-hybridized carbons (Fsp3) is 0.400. The van der Waals surface area contributed by atoms with Crippen molar-refractivity contribution < 1.29 is 19.2 Å². The van der Waals surface area contributed by atoms with E-state index in [1.807, 2.05) is 0 Å². The number of aldehydes is 1. The van der Waals surface area contributed by atoms with Crippen LogP contribution in [0.1, 0.15) is 12.8 Å². The molecule has 0 spiro atoms. The number of carbonyl (C=O) groups is 3. The van der Waals surface area contributed by atoms with Gasteiger partial charge in [-0.25, -0.2) is 0 Å². The van der Waals surface area contributed by atoms with E-state index in [0.717, 1.165) is 0 Å². The smallest absolute Gasteiger partial charge is 0.320 e. The molecule has 5 heteroatoms. The number of hydrogen-bond acceptors (Lipinski definition) is 4. The number of nitrogens with one attached hydrogen (secondary N) is 1. The van der Waals surface area contributed by atoms with Gasteiger partial charge in [0.2, 0.25) is 0 Å². The molecule has 0 bridgehead atoms. The summed E-state index contributed by atoms with van der Waals surface area (Å²) in [5, 5.41) is 0. The van der Waals surface area contributed by atoms with Crippen LogP contribution in [0.5, 0.6) is 0 Å². The third-order valence-corrected chi connectivity index (χ3v) is 0.710. The summed E-state index contributed by atoms with van der Waals surface area (Å²) in [6.07, 6.45) is 0.784. The predicted molar refractivity (Wildman–Crippen MR) is 30.6 cm³/mol. The van der Waals surface area contributed by atoms with Crippen molar-refractivity contribution in [1.29, 1.82) is 0 Å². The molecule has 0 radical (unpaired) electrons. The molecule has 0 aromatic carbocycles. The van der Waals surface area contributed by atoms with Crippen LogP contribution in [0.2, 0.25) is 0 Å². The molecule has 0 aliphatic carbocycles. The minimum atomic E-state index is -0.487. The Morgan fingerprint density at radius 2 is 2.20 bits per heavy atom. The van der Waals surface area contributed by atoms with Gasteiger partial charge >= 0.3 is 6.47 Å². The number of hydrogen-bond donors (Lipinski definition) is 1. The van der Waals surface area contributed by atoms with Crippen molar-refractivity contribution in [3.63, 3.8) is 0 Å². The molecular formula is C5H7NO4. The SMILES string of the molecule is O=CCCC(=O)NOC=O. The van der Waals surface area contributed by atoms with Gasteiger partial charge in [0.25, 0.3) is 5.91 Å². The summed E-state index contributed by atoms with van der Waals surface area (Å²) in [5.41, 5.74) is 1.80. The average Bonchev–Trinajstić information content (AvgIpc) is 1.97. The quantitative estimate of drug-likeness (QED) is 0.404. The Morgan fingerprint density at radius 1 is 1.50 bits per heavy atom. The second-order valence-corrected chi connectivity index (χ2v) is 1.44. The van der Waals surface area contributed by atoms with Crippen LogP contribution in [0, 0.1) is 0 Å². The molecule has 0 aromatic rings. The molecule has 0 rings (SSSR count). The zero-order valence-electron chi connectivity index (χ0n) is 5.20. The summed E-state index contributed by atoms with van der Waals surface area (Å²) in [5.74, 6) is -0.487. The molecule has 0 fully saturated rings. The Morgan fingerprint density at radius 3 is 2.70 bits per heavy atom. The van der Waals surface area contributed by atoms with Crippen LogP contribution in [0.25, 0.3) is 0 Å². The zero-order valence-corrected chi connectivity index (χ0v) is 5.20. The van der Waals surface area contributed by atoms with Crippen LogP contribution < -0.4 is 5.48 Å². The van der Waals surface area contributed by atoms with E-state index in [0.29, 0.717) is 6.29 Å². The number of rotatable bonds is 5. The lowest BCUT2D eigenvalue weighted by Crippen LogP contribution is -2.22. The van der Waals surface area contributed by atoms with E-state index in [-0.39, 0.29) is 19.3 Å². The van der Waals surface area contributed by atoms with Gasteiger partial charge in [0.1, 0.15) is 6.29 Å². The van der Waals surface area contributed by atoms with E-state index >= 15 is 0 Å². The van der Waals surface area contributed by atoms with Gasteiger partial charge in [0.15, 0.2) is 0 Å². The third kappa shape index (κ3) is 4.76. The minimum absolute atomic E-state index is 0.0390. The lowest BCUT2D eigenvalue weighted by atomic mass is 10.3. The summed E-state index contributed by atoms with van der Waals surface area (Å²) >= 11 is 0. The van der Waals surface area contributed by atoms with Gasteiger partial charge in [-0.15, -0.1) is 0 Å². The maximum Gasteiger partial charge on any atom is 0.320 e. The second-order valence-electron chi connectivity index (χ2n) is 1.44. The molecule has 56 valence electrons. The van der Waals surface area contributed by atoms with Crippen molar-refractivity contribution in [3.8, 4) is 0 Å². The maximum atomic E-state index is 10.4. The molecule has 0 aromatic heterocycles. The standard InChI is InChI=1S/C5H7NO4/c7-3-1-2-5(9)6-10-4-8/h3-4H,1-2H2,(H,6,9). The molecule has 0 aliphatic rings. The Bertz CT molecular complexity index is 120. The molecule has 0 saturated heterocycles. The topological polar surface area (TPSA) is 72.5 Å². The fourth-order valence-electron chi connectivity index (χ4n) is 0.331. The normalized spacial score (nSPS) is 8.00. The molecule has 5 nitrogen and oxygen atoms in total. The van der Waals surface area contributed by atoms with Crippen LogP contribution in [0.3, 0.4) is 0 Å². The van der Waals surface area contributed by atoms with Gasteiger partial charge < -0.3 is 9.63 Å². The highest BCUT2D eigenvalue weighted by Crippen LogP contribution is 1.82. The Hall–Kier alpha value is -1.39. The summed E-state index contributed by atoms with van der Waals surface area (Å²) in [7, 11) is 0. The van der Waals surface area contributed by atoms with Crippen LogP contribution >= 0.6 is 0 Å². The molecule has 10 heavy (non-hydrogen) atoms. The number of carbonyl (C=O) groups excluding carboxylic acids is 3. The number of hydroxylamine groups is 1. The third-order valence-electron chi connectivity index (χ3n) is 0.710. The highest BCUT2D eigenvalue weighted by atomic mass is 16.7. The van der Waals surface area contributed by atoms with Crippen molar-refractivity contribution in [2.45, 2.75) is 12.8 Å². The molecule has 1 amide bonds. The maximum absolute atomic E-state index is 10.4. The Labute approximate surface area is 57.3 Å². The van der Waals surface area contributed by atoms with Gasteiger partial charge in [-0.2, -0.15) is 5.48 Å². The summed E-state index contributed by atoms with van der Waals surface area (Å²) in [6, 6.07) is 0. The van der Waals surface area contributed by atoms with Gasteiger partial charge in [0.05, 0.1) is 0 Å². The molecule has 0 atom stereocenters. The number of amides is 1. The average molecular weight is 145 g/mol. The lowest BCUT2D eigenvalue weighted by Gasteiger charge is -1.96. The van der Waals surface area contributed by atoms with Crippen molar-refractivity contribution in [2.75, 3.05) is 0 Å². The molecular weight excluding hydrogens is 138 g/mol. The van der Waals surface area contributed by atoms with Crippen LogP contribution in [0.4, 0.5) is 0 Å². The summed E-state index contributed by atoms with van der Waals surface area (Å²) < 4.78 is 0. The molecule has 0 saturated carbocycles. The second kappa shape index (κ2) is 5.74. The van der Waals surface area contributed by atoms with Crippen LogP contribution in [0.15, 0.2) is 0 Å². The Kier molecular flexibility index (Phi) is 4.94. The summed E-state index contributed by atoms with van der Waals surface area (Å²) in [4.78, 5) is 33.5. The molecule has 0 unspecified atom stereocenters. The van der Waals surface area contributed by atoms with Crippen molar-refractivity contribution in [3.05, 3.63) is 0 Å². The van der Waals surface area contributed by atoms with Crippen LogP contribution in [-0.2, 0) is 19.2 Å². The zero-order chi connectivity index (χ0) is 7.82. The van der Waals surface area contributed by atoms with E-state index < -0.39 is 5.91 Å². The molecule has 0 aliphatic heterocycles. The van der Waals surface area contributed by atoms with Gasteiger partial charge in [-0.3, -0.25) is 9.59 Å². The predicted octanol–water partition coefficient (Wildman–Crippen LogP) is -0.830. The van der Waals surface area contributed by atoms with Gasteiger partial charge in [0, 0.05) is 12.8 Å². The van der Waals surface area contributed by atoms with Gasteiger partial charge in [-0.1, -0.05) is 0 Å². The van der Waals surface area contributed by atoms with E-state index in [1.54, 1.807) is 5.48 Å². The van der Waals surface area contributed by atoms with Crippen molar-refractivity contribution in [2.24, 2.45) is 0 Å². The first-order valence-corrected chi connectivity index (χ1v) is 2.63. The summed E-state index contributed by atoms with van der Waals surface area (Å²) in [6.45, 7) is 0.0960. The van der Waals surface area contributed by atoms with Gasteiger partial charge in [-0.05, 0) is 0 Å². The lowest BCUT2D eigenvalue weighted by molar-refractivity contribution is -0.146. The van der Waals surface area contributed by atoms with Crippen molar-refractivity contribution >= 4 is 18.7 Å². The molecule has 0 heterocycles. The first-order valence-electron chi connectivity index (χ1n) is 2.63. The largest absolute Gasteiger partial charge is 0.344 e. The van der Waals surface area contributed by atoms with E-state index in [1.165, 1.54) is 0 Å². The van der Waals surface area contributed by atoms with E-state index in [2.05, 4.69) is 4.84 Å². The molecule has 1 N–H and O–H groups in total. The first-order chi connectivity index (χ1) is 4.81. The van der Waals surface area contributed by atoms with E-state index in [9.17, 15) is 14.4 Å². The highest BCUT2D eigenvalue weighted by molar-refractivity contribution is 5.77.